The van der Waals surface area contributed by atoms with Gasteiger partial charge in [0.05, 0.1) is 11.4 Å². The quantitative estimate of drug-likeness (QED) is 0.793. The summed E-state index contributed by atoms with van der Waals surface area (Å²) in [6.07, 6.45) is 5.04. The number of amides is 1. The fourth-order valence-corrected chi connectivity index (χ4v) is 2.34. The van der Waals surface area contributed by atoms with Gasteiger partial charge in [0.25, 0.3) is 5.91 Å². The molecule has 0 bridgehead atoms. The van der Waals surface area contributed by atoms with Crippen LogP contribution in [0.2, 0.25) is 0 Å². The van der Waals surface area contributed by atoms with Crippen LogP contribution < -0.4 is 5.32 Å². The molecule has 16 heavy (non-hydrogen) atoms. The van der Waals surface area contributed by atoms with Crippen LogP contribution in [0.3, 0.4) is 0 Å². The van der Waals surface area contributed by atoms with Crippen molar-refractivity contribution in [1.29, 1.82) is 0 Å². The zero-order valence-corrected chi connectivity index (χ0v) is 9.10. The van der Waals surface area contributed by atoms with E-state index in [-0.39, 0.29) is 18.3 Å². The predicted octanol–water partition coefficient (Wildman–Crippen LogP) is 2.40. The summed E-state index contributed by atoms with van der Waals surface area (Å²) in [6, 6.07) is 6.17. The molecule has 0 unspecified atom stereocenters. The van der Waals surface area contributed by atoms with Gasteiger partial charge in [0.1, 0.15) is 5.82 Å². The van der Waals surface area contributed by atoms with Crippen LogP contribution in [0.4, 0.5) is 4.39 Å². The Balaban J connectivity index is 2.33. The average Bonchev–Trinajstić information content (AvgIpc) is 2.68. The third kappa shape index (κ3) is 2.05. The fraction of sp³-hybridized carbons (Fsp3) is 0.0833. The van der Waals surface area contributed by atoms with E-state index in [2.05, 4.69) is 11.2 Å². The van der Waals surface area contributed by atoms with E-state index in [9.17, 15) is 9.18 Å². The van der Waals surface area contributed by atoms with Crippen molar-refractivity contribution in [1.82, 2.24) is 5.32 Å². The molecule has 1 aromatic carbocycles. The molecular formula is C12H8FNOS. The van der Waals surface area contributed by atoms with Crippen molar-refractivity contribution in [3.05, 3.63) is 35.0 Å². The van der Waals surface area contributed by atoms with E-state index in [0.29, 0.717) is 4.88 Å². The van der Waals surface area contributed by atoms with E-state index in [1.165, 1.54) is 23.5 Å². The number of fused-ring (bicyclic) bond motifs is 1. The van der Waals surface area contributed by atoms with E-state index < -0.39 is 0 Å². The molecule has 1 amide bonds. The van der Waals surface area contributed by atoms with Gasteiger partial charge in [-0.15, -0.1) is 17.8 Å². The molecular weight excluding hydrogens is 225 g/mol. The number of halogens is 1. The molecule has 1 N–H and O–H groups in total. The Morgan fingerprint density at radius 1 is 1.50 bits per heavy atom. The average molecular weight is 233 g/mol. The molecule has 1 heterocycles. The third-order valence-corrected chi connectivity index (χ3v) is 3.15. The van der Waals surface area contributed by atoms with Crippen molar-refractivity contribution in [3.63, 3.8) is 0 Å². The third-order valence-electron chi connectivity index (χ3n) is 2.06. The topological polar surface area (TPSA) is 29.1 Å². The first-order valence-electron chi connectivity index (χ1n) is 4.61. The molecule has 0 aliphatic carbocycles. The zero-order valence-electron chi connectivity index (χ0n) is 8.29. The van der Waals surface area contributed by atoms with Crippen LogP contribution in [0.1, 0.15) is 9.67 Å². The van der Waals surface area contributed by atoms with Crippen LogP contribution in [0.25, 0.3) is 10.1 Å². The Labute approximate surface area is 96.1 Å². The Hall–Kier alpha value is -1.86. The maximum absolute atomic E-state index is 12.9. The van der Waals surface area contributed by atoms with Gasteiger partial charge in [-0.1, -0.05) is 12.0 Å². The lowest BCUT2D eigenvalue weighted by Crippen LogP contribution is -2.22. The predicted molar refractivity (Wildman–Crippen MR) is 62.9 cm³/mol. The minimum absolute atomic E-state index is 0.196. The van der Waals surface area contributed by atoms with Gasteiger partial charge in [-0.3, -0.25) is 4.79 Å². The van der Waals surface area contributed by atoms with Gasteiger partial charge in [0, 0.05) is 4.70 Å². The van der Waals surface area contributed by atoms with Crippen molar-refractivity contribution in [2.24, 2.45) is 0 Å². The van der Waals surface area contributed by atoms with Crippen molar-refractivity contribution in [2.45, 2.75) is 0 Å². The molecule has 0 radical (unpaired) electrons. The van der Waals surface area contributed by atoms with E-state index in [4.69, 9.17) is 6.42 Å². The smallest absolute Gasteiger partial charge is 0.262 e. The van der Waals surface area contributed by atoms with Crippen LogP contribution in [0.5, 0.6) is 0 Å². The highest BCUT2D eigenvalue weighted by molar-refractivity contribution is 7.20. The van der Waals surface area contributed by atoms with E-state index in [1.54, 1.807) is 12.1 Å². The van der Waals surface area contributed by atoms with Gasteiger partial charge >= 0.3 is 0 Å². The van der Waals surface area contributed by atoms with Crippen molar-refractivity contribution >= 4 is 27.3 Å². The Morgan fingerprint density at radius 2 is 2.31 bits per heavy atom. The van der Waals surface area contributed by atoms with E-state index in [0.717, 1.165) is 10.1 Å². The highest BCUT2D eigenvalue weighted by atomic mass is 32.1. The van der Waals surface area contributed by atoms with Gasteiger partial charge in [-0.25, -0.2) is 4.39 Å². The van der Waals surface area contributed by atoms with Gasteiger partial charge in [0.15, 0.2) is 0 Å². The number of rotatable bonds is 2. The summed E-state index contributed by atoms with van der Waals surface area (Å²) < 4.78 is 13.7. The molecule has 2 rings (SSSR count). The standard InChI is InChI=1S/C12H8FNOS/c1-2-5-14-12(15)11-6-8-3-4-9(13)7-10(8)16-11/h1,3-4,6-7H,5H2,(H,14,15). The zero-order chi connectivity index (χ0) is 11.5. The number of nitrogens with one attached hydrogen (secondary N) is 1. The highest BCUT2D eigenvalue weighted by Crippen LogP contribution is 2.26. The maximum Gasteiger partial charge on any atom is 0.262 e. The molecule has 0 atom stereocenters. The Bertz CT molecular complexity index is 582. The summed E-state index contributed by atoms with van der Waals surface area (Å²) in [6.45, 7) is 0.196. The SMILES string of the molecule is C#CCNC(=O)c1cc2ccc(F)cc2s1. The van der Waals surface area contributed by atoms with Gasteiger partial charge in [0.2, 0.25) is 0 Å². The summed E-state index contributed by atoms with van der Waals surface area (Å²) in [5.41, 5.74) is 0. The maximum atomic E-state index is 12.9. The number of thiophene rings is 1. The van der Waals surface area contributed by atoms with Crippen LogP contribution >= 0.6 is 11.3 Å². The monoisotopic (exact) mass is 233 g/mol. The van der Waals surface area contributed by atoms with Crippen LogP contribution in [-0.2, 0) is 0 Å². The summed E-state index contributed by atoms with van der Waals surface area (Å²) in [5.74, 6) is 1.80. The molecule has 1 aromatic heterocycles. The molecule has 4 heteroatoms. The minimum atomic E-state index is -0.301. The molecule has 80 valence electrons. The van der Waals surface area contributed by atoms with Gasteiger partial charge in [-0.2, -0.15) is 0 Å². The molecule has 0 aliphatic heterocycles. The Morgan fingerprint density at radius 3 is 3.06 bits per heavy atom. The Kier molecular flexibility index (Phi) is 2.88. The number of hydrogen-bond acceptors (Lipinski definition) is 2. The first kappa shape index (κ1) is 10.7. The molecule has 2 aromatic rings. The molecule has 0 spiro atoms. The normalized spacial score (nSPS) is 10.0. The number of hydrogen-bond donors (Lipinski definition) is 1. The van der Waals surface area contributed by atoms with Crippen molar-refractivity contribution in [2.75, 3.05) is 6.54 Å². The van der Waals surface area contributed by atoms with E-state index >= 15 is 0 Å². The van der Waals surface area contributed by atoms with Crippen molar-refractivity contribution < 1.29 is 9.18 Å². The van der Waals surface area contributed by atoms with Crippen LogP contribution in [-0.4, -0.2) is 12.5 Å². The second-order valence-corrected chi connectivity index (χ2v) is 4.26. The number of benzene rings is 1. The second-order valence-electron chi connectivity index (χ2n) is 3.18. The lowest BCUT2D eigenvalue weighted by atomic mass is 10.2. The lowest BCUT2D eigenvalue weighted by Gasteiger charge is -1.95. The summed E-state index contributed by atoms with van der Waals surface area (Å²) in [5, 5.41) is 3.42. The van der Waals surface area contributed by atoms with Crippen LogP contribution in [0.15, 0.2) is 24.3 Å². The molecule has 0 saturated heterocycles. The van der Waals surface area contributed by atoms with Crippen LogP contribution in [0, 0.1) is 18.2 Å². The summed E-state index contributed by atoms with van der Waals surface area (Å²) in [7, 11) is 0. The highest BCUT2D eigenvalue weighted by Gasteiger charge is 2.09. The van der Waals surface area contributed by atoms with Crippen molar-refractivity contribution in [3.8, 4) is 12.3 Å². The molecule has 0 aliphatic rings. The summed E-state index contributed by atoms with van der Waals surface area (Å²) >= 11 is 1.25. The lowest BCUT2D eigenvalue weighted by molar-refractivity contribution is 0.0963. The number of carbonyl (C=O) groups is 1. The first-order chi connectivity index (χ1) is 7.70. The fourth-order valence-electron chi connectivity index (χ4n) is 1.34. The summed E-state index contributed by atoms with van der Waals surface area (Å²) in [4.78, 5) is 12.1. The van der Waals surface area contributed by atoms with Gasteiger partial charge < -0.3 is 5.32 Å². The minimum Gasteiger partial charge on any atom is -0.340 e. The van der Waals surface area contributed by atoms with E-state index in [1.807, 2.05) is 0 Å². The molecule has 0 fully saturated rings. The van der Waals surface area contributed by atoms with Gasteiger partial charge in [-0.05, 0) is 23.6 Å². The molecule has 0 saturated carbocycles. The second kappa shape index (κ2) is 4.33. The number of carbonyl (C=O) groups excluding carboxylic acids is 1. The molecule has 2 nitrogen and oxygen atoms in total. The largest absolute Gasteiger partial charge is 0.340 e. The number of terminal acetylenes is 1. The first-order valence-corrected chi connectivity index (χ1v) is 5.43.